The summed E-state index contributed by atoms with van der Waals surface area (Å²) < 4.78 is 21.7. The molecule has 0 aliphatic carbocycles. The van der Waals surface area contributed by atoms with Crippen molar-refractivity contribution in [2.75, 3.05) is 26.4 Å². The van der Waals surface area contributed by atoms with Gasteiger partial charge < -0.3 is 17.7 Å². The third kappa shape index (κ3) is 4.73. The fraction of sp³-hybridized carbons (Fsp3) is 1.00. The van der Waals surface area contributed by atoms with Crippen LogP contribution in [0, 0.1) is 0 Å². The Labute approximate surface area is 81.6 Å². The van der Waals surface area contributed by atoms with Gasteiger partial charge in [0.1, 0.15) is 0 Å². The van der Waals surface area contributed by atoms with Gasteiger partial charge in [0.2, 0.25) is 0 Å². The number of rotatable bonds is 8. The lowest BCUT2D eigenvalue weighted by Gasteiger charge is -2.40. The molecule has 0 radical (unpaired) electrons. The predicted molar refractivity (Wildman–Crippen MR) is 52.3 cm³/mol. The molecule has 0 fully saturated rings. The molecule has 0 aliphatic heterocycles. The van der Waals surface area contributed by atoms with Gasteiger partial charge in [-0.1, -0.05) is 0 Å². The summed E-state index contributed by atoms with van der Waals surface area (Å²) >= 11 is 0. The lowest BCUT2D eigenvalue weighted by molar-refractivity contribution is -0.0247. The van der Waals surface area contributed by atoms with Gasteiger partial charge in [-0.05, 0) is 27.7 Å². The lowest BCUT2D eigenvalue weighted by atomic mass is 10.9. The molecule has 0 aromatic heterocycles. The highest BCUT2D eigenvalue weighted by molar-refractivity contribution is 6.53. The molecule has 0 saturated carbocycles. The summed E-state index contributed by atoms with van der Waals surface area (Å²) in [5.41, 5.74) is 0. The molecular weight excluding hydrogens is 188 g/mol. The van der Waals surface area contributed by atoms with Crippen LogP contribution in [0.5, 0.6) is 0 Å². The molecule has 0 N–H and O–H groups in total. The number of hydrogen-bond donors (Lipinski definition) is 0. The Balaban J connectivity index is 4.19. The molecule has 0 amide bonds. The summed E-state index contributed by atoms with van der Waals surface area (Å²) in [5, 5.41) is 0. The average Bonchev–Trinajstić information content (AvgIpc) is 2.06. The van der Waals surface area contributed by atoms with Crippen molar-refractivity contribution >= 4 is 9.05 Å². The Morgan fingerprint density at radius 3 is 1.00 bits per heavy atom. The summed E-state index contributed by atoms with van der Waals surface area (Å²) in [5.74, 6) is 0. The molecule has 0 aliphatic rings. The maximum absolute atomic E-state index is 5.42. The summed E-state index contributed by atoms with van der Waals surface area (Å²) in [6, 6.07) is 0. The Kier molecular flexibility index (Phi) is 7.49. The van der Waals surface area contributed by atoms with Gasteiger partial charge in [0, 0.05) is 26.4 Å². The summed E-state index contributed by atoms with van der Waals surface area (Å²) in [6.45, 7) is 9.80. The van der Waals surface area contributed by atoms with Crippen LogP contribution in [-0.2, 0) is 17.7 Å². The maximum atomic E-state index is 5.42. The molecular formula is C8H20O4Si-. The van der Waals surface area contributed by atoms with E-state index in [4.69, 9.17) is 17.7 Å². The van der Waals surface area contributed by atoms with E-state index in [-0.39, 0.29) is 0 Å². The normalized spacial score (nSPS) is 12.0. The Bertz CT molecular complexity index is 91.2. The van der Waals surface area contributed by atoms with Crippen LogP contribution in [-0.4, -0.2) is 35.5 Å². The van der Waals surface area contributed by atoms with E-state index in [1.807, 2.05) is 27.7 Å². The van der Waals surface area contributed by atoms with E-state index < -0.39 is 9.05 Å². The Hall–Kier alpha value is 0.0569. The molecule has 0 aromatic rings. The van der Waals surface area contributed by atoms with Gasteiger partial charge in [0.05, 0.1) is 0 Å². The van der Waals surface area contributed by atoms with Crippen LogP contribution in [0.2, 0.25) is 0 Å². The maximum Gasteiger partial charge on any atom is 0.450 e. The third-order valence-electron chi connectivity index (χ3n) is 1.28. The molecule has 0 aromatic carbocycles. The molecule has 4 nitrogen and oxygen atoms in total. The van der Waals surface area contributed by atoms with Crippen LogP contribution in [0.3, 0.4) is 0 Å². The van der Waals surface area contributed by atoms with Crippen molar-refractivity contribution in [1.82, 2.24) is 0 Å². The van der Waals surface area contributed by atoms with E-state index >= 15 is 0 Å². The summed E-state index contributed by atoms with van der Waals surface area (Å²) in [7, 11) is -2.80. The zero-order valence-corrected chi connectivity index (χ0v) is 9.96. The summed E-state index contributed by atoms with van der Waals surface area (Å²) in [6.07, 6.45) is 0. The van der Waals surface area contributed by atoms with Crippen LogP contribution in [0.15, 0.2) is 0 Å². The second-order valence-corrected chi connectivity index (χ2v) is 4.39. The molecule has 0 bridgehead atoms. The van der Waals surface area contributed by atoms with E-state index in [2.05, 4.69) is 0 Å². The molecule has 81 valence electrons. The quantitative estimate of drug-likeness (QED) is 0.567. The molecule has 13 heavy (non-hydrogen) atoms. The van der Waals surface area contributed by atoms with E-state index in [1.54, 1.807) is 0 Å². The SMILES string of the molecule is CCO[Si-](OCC)(OCC)OCC. The van der Waals surface area contributed by atoms with Crippen LogP contribution in [0.4, 0.5) is 0 Å². The predicted octanol–water partition coefficient (Wildman–Crippen LogP) is 1.57. The van der Waals surface area contributed by atoms with Crippen molar-refractivity contribution in [3.8, 4) is 0 Å². The van der Waals surface area contributed by atoms with Crippen LogP contribution >= 0.6 is 0 Å². The first kappa shape index (κ1) is 13.1. The monoisotopic (exact) mass is 208 g/mol. The Morgan fingerprint density at radius 2 is 0.846 bits per heavy atom. The zero-order valence-electron chi connectivity index (χ0n) is 8.96. The number of hydrogen-bond acceptors (Lipinski definition) is 4. The third-order valence-corrected chi connectivity index (χ3v) is 3.85. The van der Waals surface area contributed by atoms with Crippen molar-refractivity contribution in [3.63, 3.8) is 0 Å². The highest BCUT2D eigenvalue weighted by Gasteiger charge is 2.26. The van der Waals surface area contributed by atoms with Gasteiger partial charge in [-0.2, -0.15) is 0 Å². The highest BCUT2D eigenvalue weighted by Crippen LogP contribution is 2.11. The van der Waals surface area contributed by atoms with Crippen LogP contribution in [0.1, 0.15) is 27.7 Å². The van der Waals surface area contributed by atoms with E-state index in [0.717, 1.165) is 0 Å². The van der Waals surface area contributed by atoms with E-state index in [1.165, 1.54) is 0 Å². The average molecular weight is 208 g/mol. The van der Waals surface area contributed by atoms with Gasteiger partial charge >= 0.3 is 9.05 Å². The van der Waals surface area contributed by atoms with Crippen LogP contribution in [0.25, 0.3) is 0 Å². The molecule has 0 heterocycles. The highest BCUT2D eigenvalue weighted by atomic mass is 28.4. The molecule has 0 rings (SSSR count). The lowest BCUT2D eigenvalue weighted by Crippen LogP contribution is -2.49. The standard InChI is InChI=1S/C8H20O4Si/c1-5-9-13(10-6-2,11-7-3)12-8-4/h5-8H2,1-4H3/q-1. The minimum atomic E-state index is -2.80. The van der Waals surface area contributed by atoms with Crippen molar-refractivity contribution in [2.24, 2.45) is 0 Å². The van der Waals surface area contributed by atoms with Gasteiger partial charge in [0.25, 0.3) is 0 Å². The minimum Gasteiger partial charge on any atom is -0.502 e. The molecule has 0 saturated heterocycles. The van der Waals surface area contributed by atoms with Crippen molar-refractivity contribution in [3.05, 3.63) is 0 Å². The van der Waals surface area contributed by atoms with Crippen LogP contribution < -0.4 is 0 Å². The fourth-order valence-electron chi connectivity index (χ4n) is 0.957. The van der Waals surface area contributed by atoms with E-state index in [9.17, 15) is 0 Å². The topological polar surface area (TPSA) is 36.9 Å². The largest absolute Gasteiger partial charge is 0.502 e. The second-order valence-electron chi connectivity index (χ2n) is 2.23. The first-order chi connectivity index (χ1) is 6.24. The van der Waals surface area contributed by atoms with Crippen molar-refractivity contribution in [1.29, 1.82) is 0 Å². The van der Waals surface area contributed by atoms with Crippen molar-refractivity contribution in [2.45, 2.75) is 27.7 Å². The minimum absolute atomic E-state index is 0.548. The van der Waals surface area contributed by atoms with Gasteiger partial charge in [-0.3, -0.25) is 0 Å². The first-order valence-corrected chi connectivity index (χ1v) is 6.43. The molecule has 0 unspecified atom stereocenters. The molecule has 0 spiro atoms. The van der Waals surface area contributed by atoms with Gasteiger partial charge in [0.15, 0.2) is 0 Å². The first-order valence-electron chi connectivity index (χ1n) is 4.80. The zero-order chi connectivity index (χ0) is 10.2. The smallest absolute Gasteiger partial charge is 0.450 e. The van der Waals surface area contributed by atoms with Gasteiger partial charge in [-0.15, -0.1) is 0 Å². The molecule has 5 heteroatoms. The second kappa shape index (κ2) is 7.46. The molecule has 0 atom stereocenters. The van der Waals surface area contributed by atoms with Gasteiger partial charge in [-0.25, -0.2) is 0 Å². The van der Waals surface area contributed by atoms with E-state index in [0.29, 0.717) is 26.4 Å². The summed E-state index contributed by atoms with van der Waals surface area (Å²) in [4.78, 5) is 0. The van der Waals surface area contributed by atoms with Crippen molar-refractivity contribution < 1.29 is 17.7 Å². The fourth-order valence-corrected chi connectivity index (χ4v) is 2.87. The Morgan fingerprint density at radius 1 is 0.615 bits per heavy atom.